The number of aliphatic imine (C=N–C) groups is 1. The van der Waals surface area contributed by atoms with Gasteiger partial charge in [0.25, 0.3) is 0 Å². The van der Waals surface area contributed by atoms with Gasteiger partial charge in [0.15, 0.2) is 17.5 Å². The molecule has 1 aromatic heterocycles. The van der Waals surface area contributed by atoms with Crippen LogP contribution in [-0.4, -0.2) is 37.9 Å². The molecule has 1 heterocycles. The summed E-state index contributed by atoms with van der Waals surface area (Å²) >= 11 is 7.86. The summed E-state index contributed by atoms with van der Waals surface area (Å²) < 4.78 is 10.9. The van der Waals surface area contributed by atoms with Gasteiger partial charge in [-0.2, -0.15) is 0 Å². The van der Waals surface area contributed by atoms with Crippen LogP contribution in [0.15, 0.2) is 34.6 Å². The van der Waals surface area contributed by atoms with E-state index in [0.29, 0.717) is 48.7 Å². The SMILES string of the molecule is CCNC(=NCc1cc(Cl)c(OCC)c(OC)c1)NCC(C)(O)c1cccs1. The van der Waals surface area contributed by atoms with Crippen molar-refractivity contribution in [2.24, 2.45) is 4.99 Å². The number of methoxy groups -OCH3 is 1. The number of nitrogens with zero attached hydrogens (tertiary/aromatic N) is 1. The Bertz CT molecular complexity index is 779. The summed E-state index contributed by atoms with van der Waals surface area (Å²) in [5.41, 5.74) is -0.0803. The summed E-state index contributed by atoms with van der Waals surface area (Å²) in [5.74, 6) is 1.73. The van der Waals surface area contributed by atoms with E-state index in [1.807, 2.05) is 43.5 Å². The second-order valence-electron chi connectivity index (χ2n) is 6.34. The van der Waals surface area contributed by atoms with E-state index in [1.165, 1.54) is 11.3 Å². The van der Waals surface area contributed by atoms with E-state index < -0.39 is 5.60 Å². The molecule has 0 fully saturated rings. The molecule has 8 heteroatoms. The second kappa shape index (κ2) is 10.5. The number of thiophene rings is 1. The third-order valence-electron chi connectivity index (χ3n) is 3.99. The van der Waals surface area contributed by atoms with Gasteiger partial charge < -0.3 is 25.2 Å². The smallest absolute Gasteiger partial charge is 0.191 e. The van der Waals surface area contributed by atoms with Crippen molar-refractivity contribution in [2.45, 2.75) is 32.9 Å². The lowest BCUT2D eigenvalue weighted by atomic mass is 10.1. The fraction of sp³-hybridized carbons (Fsp3) is 0.450. The molecule has 0 aliphatic heterocycles. The lowest BCUT2D eigenvalue weighted by Gasteiger charge is -2.23. The molecule has 2 aromatic rings. The van der Waals surface area contributed by atoms with Crippen molar-refractivity contribution in [3.8, 4) is 11.5 Å². The Morgan fingerprint density at radius 2 is 2.11 bits per heavy atom. The molecule has 0 spiro atoms. The predicted octanol–water partition coefficient (Wildman–Crippen LogP) is 3.77. The van der Waals surface area contributed by atoms with E-state index in [4.69, 9.17) is 21.1 Å². The minimum Gasteiger partial charge on any atom is -0.493 e. The van der Waals surface area contributed by atoms with Crippen molar-refractivity contribution in [2.75, 3.05) is 26.8 Å². The molecule has 0 aliphatic carbocycles. The first-order valence-corrected chi connectivity index (χ1v) is 10.4. The van der Waals surface area contributed by atoms with Crippen molar-refractivity contribution < 1.29 is 14.6 Å². The third-order valence-corrected chi connectivity index (χ3v) is 5.40. The molecule has 6 nitrogen and oxygen atoms in total. The molecule has 0 saturated heterocycles. The van der Waals surface area contributed by atoms with Gasteiger partial charge in [-0.05, 0) is 49.9 Å². The number of hydrogen-bond donors (Lipinski definition) is 3. The standard InChI is InChI=1S/C20H28ClN3O3S/c1-5-22-19(24-13-20(3,25)17-8-7-9-28-17)23-12-14-10-15(21)18(27-6-2)16(11-14)26-4/h7-11,25H,5-6,12-13H2,1-4H3,(H2,22,23,24). The maximum absolute atomic E-state index is 10.7. The first-order valence-electron chi connectivity index (χ1n) is 9.19. The van der Waals surface area contributed by atoms with Crippen LogP contribution in [0.3, 0.4) is 0 Å². The molecule has 1 atom stereocenters. The number of aliphatic hydroxyl groups is 1. The van der Waals surface area contributed by atoms with E-state index >= 15 is 0 Å². The van der Waals surface area contributed by atoms with Crippen LogP contribution in [0.4, 0.5) is 0 Å². The van der Waals surface area contributed by atoms with Crippen molar-refractivity contribution >= 4 is 28.9 Å². The average Bonchev–Trinajstić information content (AvgIpc) is 3.21. The molecular weight excluding hydrogens is 398 g/mol. The van der Waals surface area contributed by atoms with Gasteiger partial charge >= 0.3 is 0 Å². The van der Waals surface area contributed by atoms with Gasteiger partial charge in [0.2, 0.25) is 0 Å². The zero-order valence-corrected chi connectivity index (χ0v) is 18.3. The minimum absolute atomic E-state index is 0.340. The van der Waals surface area contributed by atoms with Gasteiger partial charge in [0.05, 0.1) is 31.8 Å². The molecule has 0 amide bonds. The molecule has 0 radical (unpaired) electrons. The van der Waals surface area contributed by atoms with Crippen LogP contribution >= 0.6 is 22.9 Å². The highest BCUT2D eigenvalue weighted by atomic mass is 35.5. The molecule has 2 rings (SSSR count). The molecule has 0 aliphatic rings. The third kappa shape index (κ3) is 6.02. The number of hydrogen-bond acceptors (Lipinski definition) is 5. The average molecular weight is 426 g/mol. The maximum atomic E-state index is 10.7. The fourth-order valence-corrected chi connectivity index (χ4v) is 3.66. The van der Waals surface area contributed by atoms with Crippen molar-refractivity contribution in [3.05, 3.63) is 45.1 Å². The Morgan fingerprint density at radius 3 is 2.71 bits per heavy atom. The first-order chi connectivity index (χ1) is 13.4. The van der Waals surface area contributed by atoms with E-state index in [0.717, 1.165) is 10.4 Å². The molecule has 154 valence electrons. The summed E-state index contributed by atoms with van der Waals surface area (Å²) in [4.78, 5) is 5.49. The van der Waals surface area contributed by atoms with E-state index in [1.54, 1.807) is 14.0 Å². The summed E-state index contributed by atoms with van der Waals surface area (Å²) in [6.07, 6.45) is 0. The first kappa shape index (κ1) is 22.3. The minimum atomic E-state index is -0.976. The van der Waals surface area contributed by atoms with E-state index in [2.05, 4.69) is 15.6 Å². The highest BCUT2D eigenvalue weighted by Crippen LogP contribution is 2.36. The fourth-order valence-electron chi connectivity index (χ4n) is 2.59. The zero-order chi connectivity index (χ0) is 20.6. The summed E-state index contributed by atoms with van der Waals surface area (Å²) in [7, 11) is 1.58. The van der Waals surface area contributed by atoms with Gasteiger partial charge in [-0.1, -0.05) is 17.7 Å². The van der Waals surface area contributed by atoms with Crippen molar-refractivity contribution in [1.29, 1.82) is 0 Å². The molecule has 0 bridgehead atoms. The van der Waals surface area contributed by atoms with Crippen LogP contribution < -0.4 is 20.1 Å². The van der Waals surface area contributed by atoms with Crippen LogP contribution in [0, 0.1) is 0 Å². The number of guanidine groups is 1. The van der Waals surface area contributed by atoms with Crippen LogP contribution in [-0.2, 0) is 12.1 Å². The molecule has 1 aromatic carbocycles. The zero-order valence-electron chi connectivity index (χ0n) is 16.7. The Labute approximate surface area is 175 Å². The van der Waals surface area contributed by atoms with Gasteiger partial charge in [-0.15, -0.1) is 11.3 Å². The van der Waals surface area contributed by atoms with Gasteiger partial charge in [0, 0.05) is 11.4 Å². The van der Waals surface area contributed by atoms with Crippen molar-refractivity contribution in [1.82, 2.24) is 10.6 Å². The van der Waals surface area contributed by atoms with Crippen LogP contribution in [0.25, 0.3) is 0 Å². The topological polar surface area (TPSA) is 75.1 Å². The van der Waals surface area contributed by atoms with E-state index in [-0.39, 0.29) is 0 Å². The molecule has 1 unspecified atom stereocenters. The number of ether oxygens (including phenoxy) is 2. The normalized spacial score (nSPS) is 13.7. The van der Waals surface area contributed by atoms with Crippen LogP contribution in [0.2, 0.25) is 5.02 Å². The number of nitrogens with one attached hydrogen (secondary N) is 2. The molecule has 28 heavy (non-hydrogen) atoms. The van der Waals surface area contributed by atoms with Gasteiger partial charge in [-0.3, -0.25) is 0 Å². The Kier molecular flexibility index (Phi) is 8.41. The highest BCUT2D eigenvalue weighted by Gasteiger charge is 2.24. The molecular formula is C20H28ClN3O3S. The van der Waals surface area contributed by atoms with Crippen molar-refractivity contribution in [3.63, 3.8) is 0 Å². The number of rotatable bonds is 9. The highest BCUT2D eigenvalue weighted by molar-refractivity contribution is 7.10. The molecule has 0 saturated carbocycles. The van der Waals surface area contributed by atoms with Crippen LogP contribution in [0.5, 0.6) is 11.5 Å². The quantitative estimate of drug-likeness (QED) is 0.421. The monoisotopic (exact) mass is 425 g/mol. The molecule has 3 N–H and O–H groups in total. The number of halogens is 1. The lowest BCUT2D eigenvalue weighted by molar-refractivity contribution is 0.0655. The Balaban J connectivity index is 2.11. The lowest BCUT2D eigenvalue weighted by Crippen LogP contribution is -2.44. The summed E-state index contributed by atoms with van der Waals surface area (Å²) in [6, 6.07) is 7.54. The predicted molar refractivity (Wildman–Crippen MR) is 116 cm³/mol. The van der Waals surface area contributed by atoms with Crippen LogP contribution in [0.1, 0.15) is 31.2 Å². The van der Waals surface area contributed by atoms with E-state index in [9.17, 15) is 5.11 Å². The van der Waals surface area contributed by atoms with Gasteiger partial charge in [-0.25, -0.2) is 4.99 Å². The maximum Gasteiger partial charge on any atom is 0.191 e. The Hall–Kier alpha value is -1.96. The Morgan fingerprint density at radius 1 is 1.32 bits per heavy atom. The van der Waals surface area contributed by atoms with Gasteiger partial charge in [0.1, 0.15) is 5.60 Å². The number of benzene rings is 1. The summed E-state index contributed by atoms with van der Waals surface area (Å²) in [5, 5.41) is 19.5. The summed E-state index contributed by atoms with van der Waals surface area (Å²) in [6.45, 7) is 7.63. The largest absolute Gasteiger partial charge is 0.493 e. The second-order valence-corrected chi connectivity index (χ2v) is 7.70.